The van der Waals surface area contributed by atoms with Crippen LogP contribution in [0.5, 0.6) is 0 Å². The summed E-state index contributed by atoms with van der Waals surface area (Å²) in [5, 5.41) is 12.2. The van der Waals surface area contributed by atoms with Crippen molar-refractivity contribution in [3.63, 3.8) is 0 Å². The largest absolute Gasteiger partial charge is 0.480 e. The van der Waals surface area contributed by atoms with E-state index in [4.69, 9.17) is 5.11 Å². The van der Waals surface area contributed by atoms with Crippen molar-refractivity contribution < 1.29 is 9.90 Å². The van der Waals surface area contributed by atoms with Gasteiger partial charge in [-0.2, -0.15) is 0 Å². The number of carboxylic acids is 1. The molecule has 1 aromatic heterocycles. The fourth-order valence-corrected chi connectivity index (χ4v) is 1.96. The second-order valence-corrected chi connectivity index (χ2v) is 5.39. The number of pyridine rings is 1. The van der Waals surface area contributed by atoms with Gasteiger partial charge >= 0.3 is 5.97 Å². The third-order valence-corrected chi connectivity index (χ3v) is 3.01. The molecule has 0 spiro atoms. The van der Waals surface area contributed by atoms with Crippen molar-refractivity contribution in [3.05, 3.63) is 29.6 Å². The summed E-state index contributed by atoms with van der Waals surface area (Å²) in [6, 6.07) is 3.64. The van der Waals surface area contributed by atoms with E-state index in [0.717, 1.165) is 25.1 Å². The molecule has 0 aliphatic rings. The van der Waals surface area contributed by atoms with Crippen LogP contribution < -0.4 is 5.32 Å². The van der Waals surface area contributed by atoms with Crippen LogP contribution in [0.3, 0.4) is 0 Å². The van der Waals surface area contributed by atoms with E-state index < -0.39 is 12.0 Å². The molecule has 0 aliphatic heterocycles. The summed E-state index contributed by atoms with van der Waals surface area (Å²) in [6.07, 6.45) is 4.40. The first-order valence-electron chi connectivity index (χ1n) is 6.86. The van der Waals surface area contributed by atoms with Crippen molar-refractivity contribution in [2.75, 3.05) is 6.54 Å². The number of carboxylic acid groups (broad SMARTS) is 1. The molecule has 0 amide bonds. The van der Waals surface area contributed by atoms with Gasteiger partial charge in [0, 0.05) is 11.9 Å². The fraction of sp³-hybridized carbons (Fsp3) is 0.600. The maximum atomic E-state index is 11.1. The van der Waals surface area contributed by atoms with Crippen molar-refractivity contribution in [1.82, 2.24) is 10.3 Å². The van der Waals surface area contributed by atoms with Crippen molar-refractivity contribution >= 4 is 5.97 Å². The van der Waals surface area contributed by atoms with Crippen LogP contribution in [0.2, 0.25) is 0 Å². The predicted molar refractivity (Wildman–Crippen MR) is 76.2 cm³/mol. The zero-order chi connectivity index (χ0) is 14.3. The minimum absolute atomic E-state index is 0.384. The van der Waals surface area contributed by atoms with E-state index in [1.54, 1.807) is 0 Å². The van der Waals surface area contributed by atoms with Gasteiger partial charge in [-0.3, -0.25) is 9.78 Å². The average molecular weight is 264 g/mol. The number of hydrogen-bond acceptors (Lipinski definition) is 3. The van der Waals surface area contributed by atoms with Crippen molar-refractivity contribution in [2.24, 2.45) is 5.92 Å². The van der Waals surface area contributed by atoms with Gasteiger partial charge < -0.3 is 10.4 Å². The van der Waals surface area contributed by atoms with Gasteiger partial charge in [-0.15, -0.1) is 0 Å². The molecule has 0 bridgehead atoms. The molecule has 0 saturated carbocycles. The topological polar surface area (TPSA) is 62.2 Å². The average Bonchev–Trinajstić information content (AvgIpc) is 2.34. The Morgan fingerprint density at radius 3 is 2.68 bits per heavy atom. The van der Waals surface area contributed by atoms with E-state index in [1.807, 2.05) is 33.0 Å². The number of nitrogens with zero attached hydrogens (tertiary/aromatic N) is 1. The van der Waals surface area contributed by atoms with Gasteiger partial charge in [-0.1, -0.05) is 19.9 Å². The van der Waals surface area contributed by atoms with Crippen LogP contribution in [0, 0.1) is 12.8 Å². The Kier molecular flexibility index (Phi) is 6.50. The predicted octanol–water partition coefficient (Wildman–Crippen LogP) is 2.41. The Labute approximate surface area is 115 Å². The number of aryl methyl sites for hydroxylation is 2. The fourth-order valence-electron chi connectivity index (χ4n) is 1.96. The molecule has 106 valence electrons. The monoisotopic (exact) mass is 264 g/mol. The molecule has 1 heterocycles. The number of rotatable bonds is 8. The van der Waals surface area contributed by atoms with Gasteiger partial charge in [0.05, 0.1) is 0 Å². The Morgan fingerprint density at radius 1 is 1.42 bits per heavy atom. The summed E-state index contributed by atoms with van der Waals surface area (Å²) >= 11 is 0. The molecule has 2 N–H and O–H groups in total. The number of nitrogens with one attached hydrogen (secondary N) is 1. The lowest BCUT2D eigenvalue weighted by Gasteiger charge is -2.16. The number of aliphatic carboxylic acids is 1. The van der Waals surface area contributed by atoms with Gasteiger partial charge in [0.1, 0.15) is 6.04 Å². The van der Waals surface area contributed by atoms with Crippen molar-refractivity contribution in [2.45, 2.75) is 46.1 Å². The molecule has 0 fully saturated rings. The summed E-state index contributed by atoms with van der Waals surface area (Å²) in [6.45, 7) is 6.76. The number of aromatic nitrogens is 1. The second kappa shape index (κ2) is 7.89. The first kappa shape index (κ1) is 15.6. The van der Waals surface area contributed by atoms with E-state index in [9.17, 15) is 4.79 Å². The maximum absolute atomic E-state index is 11.1. The SMILES string of the molecule is Cc1ccc(CCCNC(CC(C)C)C(=O)O)cn1. The van der Waals surface area contributed by atoms with Gasteiger partial charge in [0.15, 0.2) is 0 Å². The summed E-state index contributed by atoms with van der Waals surface area (Å²) in [5.74, 6) is -0.374. The van der Waals surface area contributed by atoms with E-state index in [1.165, 1.54) is 5.56 Å². The molecule has 1 unspecified atom stereocenters. The highest BCUT2D eigenvalue weighted by Gasteiger charge is 2.17. The van der Waals surface area contributed by atoms with Crippen LogP contribution in [-0.4, -0.2) is 28.6 Å². The van der Waals surface area contributed by atoms with Crippen LogP contribution >= 0.6 is 0 Å². The molecule has 1 aromatic rings. The Balaban J connectivity index is 2.28. The van der Waals surface area contributed by atoms with Gasteiger partial charge in [-0.05, 0) is 50.3 Å². The smallest absolute Gasteiger partial charge is 0.320 e. The van der Waals surface area contributed by atoms with Crippen LogP contribution in [0.4, 0.5) is 0 Å². The molecule has 4 heteroatoms. The zero-order valence-corrected chi connectivity index (χ0v) is 12.0. The Morgan fingerprint density at radius 2 is 2.16 bits per heavy atom. The van der Waals surface area contributed by atoms with E-state index in [2.05, 4.69) is 16.4 Å². The summed E-state index contributed by atoms with van der Waals surface area (Å²) < 4.78 is 0. The molecular formula is C15H24N2O2. The van der Waals surface area contributed by atoms with Gasteiger partial charge in [0.2, 0.25) is 0 Å². The Bertz CT molecular complexity index is 388. The number of carbonyl (C=O) groups is 1. The van der Waals surface area contributed by atoms with Crippen molar-refractivity contribution in [1.29, 1.82) is 0 Å². The van der Waals surface area contributed by atoms with Crippen molar-refractivity contribution in [3.8, 4) is 0 Å². The van der Waals surface area contributed by atoms with Crippen LogP contribution in [0.25, 0.3) is 0 Å². The van der Waals surface area contributed by atoms with E-state index >= 15 is 0 Å². The molecular weight excluding hydrogens is 240 g/mol. The highest BCUT2D eigenvalue weighted by Crippen LogP contribution is 2.06. The molecule has 0 aromatic carbocycles. The molecule has 19 heavy (non-hydrogen) atoms. The molecule has 4 nitrogen and oxygen atoms in total. The quantitative estimate of drug-likeness (QED) is 0.708. The lowest BCUT2D eigenvalue weighted by atomic mass is 10.0. The van der Waals surface area contributed by atoms with Crippen LogP contribution in [-0.2, 0) is 11.2 Å². The summed E-state index contributed by atoms with van der Waals surface area (Å²) in [4.78, 5) is 15.3. The van der Waals surface area contributed by atoms with E-state index in [-0.39, 0.29) is 0 Å². The third-order valence-electron chi connectivity index (χ3n) is 3.01. The highest BCUT2D eigenvalue weighted by atomic mass is 16.4. The minimum atomic E-state index is -0.759. The minimum Gasteiger partial charge on any atom is -0.480 e. The molecule has 0 radical (unpaired) electrons. The highest BCUT2D eigenvalue weighted by molar-refractivity contribution is 5.73. The normalized spacial score (nSPS) is 12.6. The summed E-state index contributed by atoms with van der Waals surface area (Å²) in [5.41, 5.74) is 2.22. The van der Waals surface area contributed by atoms with Crippen LogP contribution in [0.15, 0.2) is 18.3 Å². The molecule has 1 rings (SSSR count). The molecule has 0 saturated heterocycles. The third kappa shape index (κ3) is 6.34. The zero-order valence-electron chi connectivity index (χ0n) is 12.0. The molecule has 1 atom stereocenters. The lowest BCUT2D eigenvalue weighted by molar-refractivity contribution is -0.139. The van der Waals surface area contributed by atoms with E-state index in [0.29, 0.717) is 12.3 Å². The number of hydrogen-bond donors (Lipinski definition) is 2. The summed E-state index contributed by atoms with van der Waals surface area (Å²) in [7, 11) is 0. The maximum Gasteiger partial charge on any atom is 0.320 e. The second-order valence-electron chi connectivity index (χ2n) is 5.39. The Hall–Kier alpha value is -1.42. The lowest BCUT2D eigenvalue weighted by Crippen LogP contribution is -2.38. The molecule has 0 aliphatic carbocycles. The first-order valence-corrected chi connectivity index (χ1v) is 6.86. The standard InChI is InChI=1S/C15H24N2O2/c1-11(2)9-14(15(18)19)16-8-4-5-13-7-6-12(3)17-10-13/h6-7,10-11,14,16H,4-5,8-9H2,1-3H3,(H,18,19). The van der Waals surface area contributed by atoms with Crippen LogP contribution in [0.1, 0.15) is 37.9 Å². The van der Waals surface area contributed by atoms with Gasteiger partial charge in [0.25, 0.3) is 0 Å². The first-order chi connectivity index (χ1) is 8.99. The van der Waals surface area contributed by atoms with Gasteiger partial charge in [-0.25, -0.2) is 0 Å².